The highest BCUT2D eigenvalue weighted by Gasteiger charge is 2.38. The molecule has 0 radical (unpaired) electrons. The summed E-state index contributed by atoms with van der Waals surface area (Å²) < 4.78 is 51.3. The molecule has 0 saturated carbocycles. The number of nitrogens with zero attached hydrogens (tertiary/aromatic N) is 3. The average Bonchev–Trinajstić information content (AvgIpc) is 2.57. The second-order valence-corrected chi connectivity index (χ2v) is 9.03. The Morgan fingerprint density at radius 1 is 0.793 bits per heavy atom. The van der Waals surface area contributed by atoms with Gasteiger partial charge in [0.1, 0.15) is 6.73 Å². The lowest BCUT2D eigenvalue weighted by atomic mass is 9.99. The van der Waals surface area contributed by atoms with Gasteiger partial charge in [-0.05, 0) is 21.0 Å². The zero-order chi connectivity index (χ0) is 22.6. The van der Waals surface area contributed by atoms with Gasteiger partial charge in [0.15, 0.2) is 20.2 Å². The number of hydrogen-bond acceptors (Lipinski definition) is 12. The summed E-state index contributed by atoms with van der Waals surface area (Å²) in [5, 5.41) is 0. The molecule has 0 aliphatic rings. The molecule has 0 amide bonds. The molecule has 3 atom stereocenters. The molecule has 170 valence electrons. The van der Waals surface area contributed by atoms with Crippen LogP contribution in [0, 0.1) is 0 Å². The fourth-order valence-corrected chi connectivity index (χ4v) is 3.46. The van der Waals surface area contributed by atoms with Crippen LogP contribution >= 0.6 is 33.4 Å². The van der Waals surface area contributed by atoms with Gasteiger partial charge in [0.25, 0.3) is 0 Å². The third-order valence-electron chi connectivity index (χ3n) is 3.41. The van der Waals surface area contributed by atoms with Gasteiger partial charge < -0.3 is 9.79 Å². The van der Waals surface area contributed by atoms with Gasteiger partial charge in [-0.1, -0.05) is 0 Å². The van der Waals surface area contributed by atoms with E-state index in [1.165, 1.54) is 14.7 Å². The first kappa shape index (κ1) is 29.2. The van der Waals surface area contributed by atoms with Crippen molar-refractivity contribution in [3.8, 4) is 0 Å². The summed E-state index contributed by atoms with van der Waals surface area (Å²) in [5.41, 5.74) is -1.02. The first-order valence-electron chi connectivity index (χ1n) is 7.66. The lowest BCUT2D eigenvalue weighted by molar-refractivity contribution is -0.0638. The van der Waals surface area contributed by atoms with Crippen molar-refractivity contribution in [3.63, 3.8) is 0 Å². The zero-order valence-electron chi connectivity index (χ0n) is 16.0. The lowest BCUT2D eigenvalue weighted by Crippen LogP contribution is -2.59. The Balaban J connectivity index is 5.47. The Hall–Kier alpha value is 0.250. The van der Waals surface area contributed by atoms with Crippen LogP contribution in [0.25, 0.3) is 0 Å². The van der Waals surface area contributed by atoms with Crippen LogP contribution in [0.4, 0.5) is 0 Å². The molecular formula is C10H26N3O12P4+3. The van der Waals surface area contributed by atoms with E-state index < -0.39 is 52.4 Å². The maximum Gasteiger partial charge on any atom is 0.696 e. The Bertz CT molecular complexity index is 518. The molecule has 0 aromatic carbocycles. The number of likely N-dealkylation sites (N-methyl/N-ethyl adjacent to an activating group) is 2. The highest BCUT2D eigenvalue weighted by Crippen LogP contribution is 2.29. The third-order valence-corrected chi connectivity index (χ3v) is 4.77. The van der Waals surface area contributed by atoms with Gasteiger partial charge in [-0.2, -0.15) is 0 Å². The zero-order valence-corrected chi connectivity index (χ0v) is 19.5. The fraction of sp³-hybridized carbons (Fsp3) is 1.00. The van der Waals surface area contributed by atoms with Gasteiger partial charge in [0.05, 0.1) is 0 Å². The minimum atomic E-state index is -2.96. The van der Waals surface area contributed by atoms with E-state index in [-0.39, 0.29) is 26.6 Å². The van der Waals surface area contributed by atoms with E-state index in [0.717, 1.165) is 0 Å². The lowest BCUT2D eigenvalue weighted by Gasteiger charge is -2.43. The second kappa shape index (κ2) is 15.1. The molecule has 0 aromatic heterocycles. The van der Waals surface area contributed by atoms with Crippen LogP contribution in [0.3, 0.4) is 0 Å². The van der Waals surface area contributed by atoms with Crippen LogP contribution < -0.4 is 0 Å². The smallest absolute Gasteiger partial charge is 0.328 e. The molecule has 0 fully saturated rings. The van der Waals surface area contributed by atoms with E-state index >= 15 is 0 Å². The normalized spacial score (nSPS) is 15.9. The van der Waals surface area contributed by atoms with Crippen LogP contribution in [0.15, 0.2) is 0 Å². The van der Waals surface area contributed by atoms with E-state index in [9.17, 15) is 13.7 Å². The summed E-state index contributed by atoms with van der Waals surface area (Å²) in [7, 11) is -8.23. The molecule has 0 aliphatic carbocycles. The van der Waals surface area contributed by atoms with Gasteiger partial charge in [0.2, 0.25) is 0 Å². The van der Waals surface area contributed by atoms with Crippen LogP contribution in [0.5, 0.6) is 0 Å². The molecule has 0 spiro atoms. The molecule has 0 rings (SSSR count). The quantitative estimate of drug-likeness (QED) is 0.131. The number of hydrogen-bond donors (Lipinski definition) is 5. The minimum Gasteiger partial charge on any atom is -0.328 e. The molecule has 5 N–H and O–H groups in total. The largest absolute Gasteiger partial charge is 0.696 e. The molecule has 3 unspecified atom stereocenters. The molecule has 0 aromatic rings. The predicted octanol–water partition coefficient (Wildman–Crippen LogP) is -0.0323. The van der Waals surface area contributed by atoms with Gasteiger partial charge in [-0.25, -0.2) is 4.90 Å². The summed E-state index contributed by atoms with van der Waals surface area (Å²) in [6.07, 6.45) is 0. The Morgan fingerprint density at radius 3 is 1.52 bits per heavy atom. The SMILES string of the molecule is CN(CO[P+](=O)O)CC(C)(CN(C)CO[P+](=O)O)N(COP(O)O)CO[P+](=O)O. The van der Waals surface area contributed by atoms with Gasteiger partial charge >= 0.3 is 33.4 Å². The summed E-state index contributed by atoms with van der Waals surface area (Å²) in [6.45, 7) is 0.541. The first-order valence-corrected chi connectivity index (χ1v) is 12.2. The predicted molar refractivity (Wildman–Crippen MR) is 100 cm³/mol. The second-order valence-electron chi connectivity index (χ2n) is 6.06. The molecule has 15 nitrogen and oxygen atoms in total. The Kier molecular flexibility index (Phi) is 15.2. The van der Waals surface area contributed by atoms with Crippen LogP contribution in [-0.2, 0) is 31.8 Å². The fourth-order valence-electron chi connectivity index (χ4n) is 2.39. The highest BCUT2D eigenvalue weighted by molar-refractivity contribution is 7.39. The summed E-state index contributed by atoms with van der Waals surface area (Å²) in [4.78, 5) is 49.0. The van der Waals surface area contributed by atoms with Crippen molar-refractivity contribution in [2.45, 2.75) is 12.5 Å². The van der Waals surface area contributed by atoms with Crippen molar-refractivity contribution in [2.24, 2.45) is 0 Å². The highest BCUT2D eigenvalue weighted by atomic mass is 31.2. The van der Waals surface area contributed by atoms with Crippen LogP contribution in [0.2, 0.25) is 0 Å². The van der Waals surface area contributed by atoms with Crippen molar-refractivity contribution in [2.75, 3.05) is 54.1 Å². The maximum atomic E-state index is 11.0. The average molecular weight is 504 g/mol. The van der Waals surface area contributed by atoms with E-state index in [4.69, 9.17) is 33.5 Å². The van der Waals surface area contributed by atoms with Crippen LogP contribution in [-0.4, -0.2) is 98.8 Å². The molecule has 29 heavy (non-hydrogen) atoms. The molecule has 0 aliphatic heterocycles. The Morgan fingerprint density at radius 2 is 1.17 bits per heavy atom. The Labute approximate surface area is 171 Å². The van der Waals surface area contributed by atoms with Gasteiger partial charge in [0, 0.05) is 32.3 Å². The third kappa shape index (κ3) is 14.8. The van der Waals surface area contributed by atoms with Crippen LogP contribution in [0.1, 0.15) is 6.92 Å². The minimum absolute atomic E-state index is 0.107. The van der Waals surface area contributed by atoms with Crippen molar-refractivity contribution in [1.82, 2.24) is 14.7 Å². The standard InChI is InChI=1S/C10H23N3O12P4/c1-10(4-11(2)6-22-26(14)15,5-12(3)7-23-27(16)17)13(8-24-28(18)19)9-25-29(20)21/h18-19H,4-9H2,1-3H3/p+3. The maximum absolute atomic E-state index is 11.0. The van der Waals surface area contributed by atoms with E-state index in [1.54, 1.807) is 21.0 Å². The summed E-state index contributed by atoms with van der Waals surface area (Å²) in [5.74, 6) is 0. The van der Waals surface area contributed by atoms with E-state index in [2.05, 4.69) is 9.05 Å². The molecule has 0 heterocycles. The molecule has 19 heteroatoms. The number of rotatable bonds is 17. The van der Waals surface area contributed by atoms with Crippen molar-refractivity contribution in [1.29, 1.82) is 0 Å². The van der Waals surface area contributed by atoms with Crippen molar-refractivity contribution in [3.05, 3.63) is 0 Å². The summed E-state index contributed by atoms with van der Waals surface area (Å²) in [6, 6.07) is 0. The van der Waals surface area contributed by atoms with Crippen molar-refractivity contribution < 1.29 is 56.3 Å². The molecular weight excluding hydrogens is 478 g/mol. The monoisotopic (exact) mass is 504 g/mol. The topological polar surface area (TPSA) is 199 Å². The molecule has 0 bridgehead atoms. The van der Waals surface area contributed by atoms with E-state index in [0.29, 0.717) is 0 Å². The van der Waals surface area contributed by atoms with Gasteiger partial charge in [-0.15, -0.1) is 28.3 Å². The molecule has 0 saturated heterocycles. The first-order chi connectivity index (χ1) is 13.4. The van der Waals surface area contributed by atoms with Gasteiger partial charge in [-0.3, -0.25) is 14.3 Å². The van der Waals surface area contributed by atoms with Crippen molar-refractivity contribution >= 4 is 33.4 Å². The van der Waals surface area contributed by atoms with E-state index in [1.807, 2.05) is 0 Å². The summed E-state index contributed by atoms with van der Waals surface area (Å²) >= 11 is 0.